The minimum atomic E-state index is -0.158. The molecule has 1 N–H and O–H groups in total. The predicted molar refractivity (Wildman–Crippen MR) is 69.2 cm³/mol. The lowest BCUT2D eigenvalue weighted by Crippen LogP contribution is -2.29. The minimum absolute atomic E-state index is 0.158. The van der Waals surface area contributed by atoms with E-state index in [0.717, 1.165) is 30.5 Å². The number of benzene rings is 1. The van der Waals surface area contributed by atoms with Crippen LogP contribution in [0, 0.1) is 17.7 Å². The van der Waals surface area contributed by atoms with Crippen LogP contribution < -0.4 is 5.32 Å². The van der Waals surface area contributed by atoms with E-state index in [4.69, 9.17) is 0 Å². The molecule has 0 bridgehead atoms. The van der Waals surface area contributed by atoms with Gasteiger partial charge in [0.15, 0.2) is 0 Å². The Kier molecular flexibility index (Phi) is 4.55. The van der Waals surface area contributed by atoms with Crippen molar-refractivity contribution < 1.29 is 4.39 Å². The zero-order chi connectivity index (χ0) is 12.1. The lowest BCUT2D eigenvalue weighted by atomic mass is 9.80. The fourth-order valence-corrected chi connectivity index (χ4v) is 2.70. The zero-order valence-corrected chi connectivity index (χ0v) is 10.6. The molecule has 2 unspecified atom stereocenters. The molecule has 1 aliphatic rings. The van der Waals surface area contributed by atoms with Crippen LogP contribution in [-0.2, 0) is 6.54 Å². The second-order valence-electron chi connectivity index (χ2n) is 5.28. The summed E-state index contributed by atoms with van der Waals surface area (Å²) in [5, 5.41) is 3.50. The van der Waals surface area contributed by atoms with Crippen molar-refractivity contribution in [1.82, 2.24) is 5.32 Å². The van der Waals surface area contributed by atoms with Crippen LogP contribution in [0.25, 0.3) is 0 Å². The van der Waals surface area contributed by atoms with Crippen molar-refractivity contribution in [3.8, 4) is 0 Å². The molecule has 1 fully saturated rings. The van der Waals surface area contributed by atoms with Crippen molar-refractivity contribution in [2.75, 3.05) is 6.54 Å². The summed E-state index contributed by atoms with van der Waals surface area (Å²) in [6, 6.07) is 6.76. The number of hydrogen-bond donors (Lipinski definition) is 1. The first-order valence-corrected chi connectivity index (χ1v) is 6.71. The largest absolute Gasteiger partial charge is 0.312 e. The van der Waals surface area contributed by atoms with Gasteiger partial charge in [0.25, 0.3) is 0 Å². The quantitative estimate of drug-likeness (QED) is 0.838. The van der Waals surface area contributed by atoms with Gasteiger partial charge in [-0.2, -0.15) is 0 Å². The molecule has 0 saturated heterocycles. The zero-order valence-electron chi connectivity index (χ0n) is 10.6. The van der Waals surface area contributed by atoms with Gasteiger partial charge >= 0.3 is 0 Å². The summed E-state index contributed by atoms with van der Waals surface area (Å²) in [4.78, 5) is 0. The summed E-state index contributed by atoms with van der Waals surface area (Å²) in [6.45, 7) is 4.31. The Morgan fingerprint density at radius 3 is 2.59 bits per heavy atom. The highest BCUT2D eigenvalue weighted by atomic mass is 19.1. The summed E-state index contributed by atoms with van der Waals surface area (Å²) >= 11 is 0. The SMILES string of the molecule is CC1CCCCC1CNCc1ccc(F)cc1. The molecule has 94 valence electrons. The highest BCUT2D eigenvalue weighted by molar-refractivity contribution is 5.15. The predicted octanol–water partition coefficient (Wildman–Crippen LogP) is 3.74. The van der Waals surface area contributed by atoms with Crippen molar-refractivity contribution >= 4 is 0 Å². The van der Waals surface area contributed by atoms with Gasteiger partial charge in [0.2, 0.25) is 0 Å². The molecule has 1 aromatic carbocycles. The first-order chi connectivity index (χ1) is 8.25. The molecule has 0 amide bonds. The van der Waals surface area contributed by atoms with Crippen molar-refractivity contribution in [1.29, 1.82) is 0 Å². The second kappa shape index (κ2) is 6.15. The van der Waals surface area contributed by atoms with E-state index in [1.165, 1.54) is 37.8 Å². The van der Waals surface area contributed by atoms with E-state index in [0.29, 0.717) is 0 Å². The van der Waals surface area contributed by atoms with Crippen molar-refractivity contribution in [3.05, 3.63) is 35.6 Å². The maximum Gasteiger partial charge on any atom is 0.123 e. The lowest BCUT2D eigenvalue weighted by molar-refractivity contribution is 0.247. The highest BCUT2D eigenvalue weighted by Gasteiger charge is 2.20. The summed E-state index contributed by atoms with van der Waals surface area (Å²) in [6.07, 6.45) is 5.52. The van der Waals surface area contributed by atoms with Crippen LogP contribution in [0.5, 0.6) is 0 Å². The van der Waals surface area contributed by atoms with Gasteiger partial charge in [-0.15, -0.1) is 0 Å². The molecule has 1 saturated carbocycles. The number of hydrogen-bond acceptors (Lipinski definition) is 1. The van der Waals surface area contributed by atoms with Crippen LogP contribution in [0.3, 0.4) is 0 Å². The molecule has 17 heavy (non-hydrogen) atoms. The third kappa shape index (κ3) is 3.81. The molecule has 0 spiro atoms. The van der Waals surface area contributed by atoms with E-state index in [1.807, 2.05) is 12.1 Å². The molecule has 1 aromatic rings. The van der Waals surface area contributed by atoms with Gasteiger partial charge in [0, 0.05) is 6.54 Å². The first-order valence-electron chi connectivity index (χ1n) is 6.71. The van der Waals surface area contributed by atoms with E-state index in [9.17, 15) is 4.39 Å². The van der Waals surface area contributed by atoms with Crippen LogP contribution in [0.2, 0.25) is 0 Å². The summed E-state index contributed by atoms with van der Waals surface area (Å²) in [5.74, 6) is 1.52. The summed E-state index contributed by atoms with van der Waals surface area (Å²) in [5.41, 5.74) is 1.16. The summed E-state index contributed by atoms with van der Waals surface area (Å²) < 4.78 is 12.7. The average Bonchev–Trinajstić information content (AvgIpc) is 2.34. The van der Waals surface area contributed by atoms with Crippen LogP contribution in [0.4, 0.5) is 4.39 Å². The van der Waals surface area contributed by atoms with Crippen LogP contribution in [0.15, 0.2) is 24.3 Å². The number of halogens is 1. The molecule has 0 radical (unpaired) electrons. The summed E-state index contributed by atoms with van der Waals surface area (Å²) in [7, 11) is 0. The van der Waals surface area contributed by atoms with Crippen molar-refractivity contribution in [2.45, 2.75) is 39.2 Å². The fraction of sp³-hybridized carbons (Fsp3) is 0.600. The highest BCUT2D eigenvalue weighted by Crippen LogP contribution is 2.28. The van der Waals surface area contributed by atoms with Gasteiger partial charge in [-0.3, -0.25) is 0 Å². The number of nitrogens with one attached hydrogen (secondary N) is 1. The molecule has 0 heterocycles. The maximum atomic E-state index is 12.7. The Labute approximate surface area is 103 Å². The van der Waals surface area contributed by atoms with E-state index in [2.05, 4.69) is 12.2 Å². The minimum Gasteiger partial charge on any atom is -0.312 e. The van der Waals surface area contributed by atoms with E-state index >= 15 is 0 Å². The Bertz CT molecular complexity index is 333. The van der Waals surface area contributed by atoms with E-state index in [-0.39, 0.29) is 5.82 Å². The van der Waals surface area contributed by atoms with E-state index < -0.39 is 0 Å². The molecule has 1 nitrogen and oxygen atoms in total. The second-order valence-corrected chi connectivity index (χ2v) is 5.28. The maximum absolute atomic E-state index is 12.7. The van der Waals surface area contributed by atoms with Gasteiger partial charge in [-0.1, -0.05) is 38.3 Å². The van der Waals surface area contributed by atoms with Gasteiger partial charge in [-0.25, -0.2) is 4.39 Å². The van der Waals surface area contributed by atoms with Crippen molar-refractivity contribution in [2.24, 2.45) is 11.8 Å². The standard InChI is InChI=1S/C15H22FN/c1-12-4-2-3-5-14(12)11-17-10-13-6-8-15(16)9-7-13/h6-9,12,14,17H,2-5,10-11H2,1H3. The normalized spacial score (nSPS) is 24.8. The van der Waals surface area contributed by atoms with E-state index in [1.54, 1.807) is 0 Å². The monoisotopic (exact) mass is 235 g/mol. The van der Waals surface area contributed by atoms with Gasteiger partial charge in [-0.05, 0) is 42.5 Å². The molecule has 0 aliphatic heterocycles. The average molecular weight is 235 g/mol. The van der Waals surface area contributed by atoms with Crippen LogP contribution in [-0.4, -0.2) is 6.54 Å². The smallest absolute Gasteiger partial charge is 0.123 e. The van der Waals surface area contributed by atoms with Gasteiger partial charge in [0.05, 0.1) is 0 Å². The molecular formula is C15H22FN. The van der Waals surface area contributed by atoms with Gasteiger partial charge in [0.1, 0.15) is 5.82 Å². The molecule has 2 rings (SSSR count). The Hall–Kier alpha value is -0.890. The topological polar surface area (TPSA) is 12.0 Å². The molecular weight excluding hydrogens is 213 g/mol. The Morgan fingerprint density at radius 1 is 1.18 bits per heavy atom. The molecule has 0 aromatic heterocycles. The molecule has 2 atom stereocenters. The fourth-order valence-electron chi connectivity index (χ4n) is 2.70. The number of rotatable bonds is 4. The molecule has 2 heteroatoms. The van der Waals surface area contributed by atoms with Crippen molar-refractivity contribution in [3.63, 3.8) is 0 Å². The Balaban J connectivity index is 1.73. The third-order valence-electron chi connectivity index (χ3n) is 3.94. The first kappa shape index (κ1) is 12.6. The van der Waals surface area contributed by atoms with Gasteiger partial charge < -0.3 is 5.32 Å². The molecule has 1 aliphatic carbocycles. The lowest BCUT2D eigenvalue weighted by Gasteiger charge is -2.28. The third-order valence-corrected chi connectivity index (χ3v) is 3.94. The van der Waals surface area contributed by atoms with Crippen LogP contribution >= 0.6 is 0 Å². The Morgan fingerprint density at radius 2 is 1.88 bits per heavy atom. The van der Waals surface area contributed by atoms with Crippen LogP contribution in [0.1, 0.15) is 38.2 Å².